The van der Waals surface area contributed by atoms with Crippen LogP contribution < -0.4 is 0 Å². The van der Waals surface area contributed by atoms with Crippen LogP contribution in [0.4, 0.5) is 0 Å². The van der Waals surface area contributed by atoms with Crippen LogP contribution in [-0.4, -0.2) is 10.8 Å². The molecule has 2 nitrogen and oxygen atoms in total. The second-order valence-corrected chi connectivity index (χ2v) is 2.87. The molecule has 2 heteroatoms. The van der Waals surface area contributed by atoms with Gasteiger partial charge in [-0.05, 0) is 25.0 Å². The summed E-state index contributed by atoms with van der Waals surface area (Å²) in [6.07, 6.45) is 5.47. The van der Waals surface area contributed by atoms with E-state index in [-0.39, 0.29) is 5.78 Å². The average Bonchev–Trinajstić information content (AvgIpc) is 2.87. The Morgan fingerprint density at radius 2 is 2.00 bits per heavy atom. The van der Waals surface area contributed by atoms with E-state index in [0.717, 1.165) is 18.4 Å². The number of aromatic nitrogens is 1. The van der Waals surface area contributed by atoms with Crippen molar-refractivity contribution in [2.24, 2.45) is 5.92 Å². The molecule has 0 aromatic carbocycles. The number of hydrogen-bond acceptors (Lipinski definition) is 2. The standard InChI is InChI=1S/C9H9NO/c11-9(7-1-2-7)8-3-5-10-6-4-8/h3-7H,1-2H2. The molecule has 0 saturated heterocycles. The van der Waals surface area contributed by atoms with Crippen LogP contribution in [0.1, 0.15) is 23.2 Å². The highest BCUT2D eigenvalue weighted by atomic mass is 16.1. The number of pyridine rings is 1. The number of Topliss-reactive ketones (excluding diaryl/α,β-unsaturated/α-hetero) is 1. The molecule has 0 aliphatic heterocycles. The average molecular weight is 147 g/mol. The van der Waals surface area contributed by atoms with Crippen LogP contribution >= 0.6 is 0 Å². The van der Waals surface area contributed by atoms with E-state index in [1.54, 1.807) is 24.5 Å². The predicted molar refractivity (Wildman–Crippen MR) is 41.3 cm³/mol. The van der Waals surface area contributed by atoms with Gasteiger partial charge in [0.1, 0.15) is 0 Å². The summed E-state index contributed by atoms with van der Waals surface area (Å²) in [6.45, 7) is 0. The zero-order chi connectivity index (χ0) is 7.68. The Hall–Kier alpha value is -1.18. The normalized spacial score (nSPS) is 16.4. The zero-order valence-electron chi connectivity index (χ0n) is 6.16. The molecule has 1 aromatic heterocycles. The number of rotatable bonds is 2. The van der Waals surface area contributed by atoms with Crippen LogP contribution in [-0.2, 0) is 0 Å². The van der Waals surface area contributed by atoms with Gasteiger partial charge >= 0.3 is 0 Å². The molecule has 56 valence electrons. The van der Waals surface area contributed by atoms with Crippen molar-refractivity contribution in [1.82, 2.24) is 4.98 Å². The first-order chi connectivity index (χ1) is 5.38. The van der Waals surface area contributed by atoms with Crippen molar-refractivity contribution in [2.75, 3.05) is 0 Å². The fraction of sp³-hybridized carbons (Fsp3) is 0.333. The summed E-state index contributed by atoms with van der Waals surface area (Å²) in [5.41, 5.74) is 0.808. The summed E-state index contributed by atoms with van der Waals surface area (Å²) in [4.78, 5) is 15.2. The first kappa shape index (κ1) is 6.53. The van der Waals surface area contributed by atoms with Gasteiger partial charge in [0.25, 0.3) is 0 Å². The molecule has 1 aromatic rings. The Morgan fingerprint density at radius 3 is 2.55 bits per heavy atom. The minimum Gasteiger partial charge on any atom is -0.294 e. The van der Waals surface area contributed by atoms with Crippen LogP contribution in [0.2, 0.25) is 0 Å². The smallest absolute Gasteiger partial charge is 0.166 e. The van der Waals surface area contributed by atoms with E-state index in [1.165, 1.54) is 0 Å². The van der Waals surface area contributed by atoms with Crippen LogP contribution in [0.5, 0.6) is 0 Å². The molecule has 0 amide bonds. The molecular weight excluding hydrogens is 138 g/mol. The third-order valence-corrected chi connectivity index (χ3v) is 1.91. The maximum absolute atomic E-state index is 11.4. The lowest BCUT2D eigenvalue weighted by molar-refractivity contribution is 0.0967. The number of carbonyl (C=O) groups is 1. The summed E-state index contributed by atoms with van der Waals surface area (Å²) in [7, 11) is 0. The van der Waals surface area contributed by atoms with Crippen molar-refractivity contribution in [3.63, 3.8) is 0 Å². The molecule has 0 N–H and O–H groups in total. The minimum absolute atomic E-state index is 0.285. The van der Waals surface area contributed by atoms with Gasteiger partial charge in [-0.15, -0.1) is 0 Å². The van der Waals surface area contributed by atoms with Crippen molar-refractivity contribution in [3.8, 4) is 0 Å². The van der Waals surface area contributed by atoms with Crippen molar-refractivity contribution in [1.29, 1.82) is 0 Å². The number of ketones is 1. The largest absolute Gasteiger partial charge is 0.294 e. The van der Waals surface area contributed by atoms with Crippen molar-refractivity contribution >= 4 is 5.78 Å². The van der Waals surface area contributed by atoms with E-state index in [0.29, 0.717) is 5.92 Å². The SMILES string of the molecule is O=C(c1ccncc1)C1CC1. The third kappa shape index (κ3) is 1.29. The van der Waals surface area contributed by atoms with E-state index in [4.69, 9.17) is 0 Å². The van der Waals surface area contributed by atoms with Gasteiger partial charge in [0.05, 0.1) is 0 Å². The van der Waals surface area contributed by atoms with Crippen molar-refractivity contribution < 1.29 is 4.79 Å². The summed E-state index contributed by atoms with van der Waals surface area (Å²) in [5.74, 6) is 0.602. The fourth-order valence-corrected chi connectivity index (χ4v) is 1.10. The fourth-order valence-electron chi connectivity index (χ4n) is 1.10. The highest BCUT2D eigenvalue weighted by Gasteiger charge is 2.29. The molecule has 0 atom stereocenters. The Morgan fingerprint density at radius 1 is 1.36 bits per heavy atom. The molecule has 0 spiro atoms. The topological polar surface area (TPSA) is 30.0 Å². The third-order valence-electron chi connectivity index (χ3n) is 1.91. The molecule has 1 aliphatic rings. The molecule has 1 saturated carbocycles. The van der Waals surface area contributed by atoms with Crippen LogP contribution in [0.3, 0.4) is 0 Å². The highest BCUT2D eigenvalue weighted by Crippen LogP contribution is 2.32. The van der Waals surface area contributed by atoms with E-state index >= 15 is 0 Å². The number of carbonyl (C=O) groups excluding carboxylic acids is 1. The summed E-state index contributed by atoms with van der Waals surface area (Å²) < 4.78 is 0. The molecule has 0 bridgehead atoms. The van der Waals surface area contributed by atoms with Gasteiger partial charge < -0.3 is 0 Å². The molecule has 0 unspecified atom stereocenters. The quantitative estimate of drug-likeness (QED) is 0.595. The Balaban J connectivity index is 2.22. The lowest BCUT2D eigenvalue weighted by atomic mass is 10.1. The summed E-state index contributed by atoms with van der Waals surface area (Å²) in [6, 6.07) is 3.56. The van der Waals surface area contributed by atoms with Gasteiger partial charge in [-0.1, -0.05) is 0 Å². The monoisotopic (exact) mass is 147 g/mol. The molecule has 2 rings (SSSR count). The van der Waals surface area contributed by atoms with Crippen LogP contribution in [0, 0.1) is 5.92 Å². The van der Waals surface area contributed by atoms with Gasteiger partial charge in [-0.25, -0.2) is 0 Å². The van der Waals surface area contributed by atoms with Crippen LogP contribution in [0.15, 0.2) is 24.5 Å². The molecule has 1 heterocycles. The van der Waals surface area contributed by atoms with Gasteiger partial charge in [-0.2, -0.15) is 0 Å². The Bertz CT molecular complexity index is 264. The zero-order valence-corrected chi connectivity index (χ0v) is 6.16. The van der Waals surface area contributed by atoms with Gasteiger partial charge in [-0.3, -0.25) is 9.78 Å². The molecule has 1 aliphatic carbocycles. The molecule has 1 fully saturated rings. The van der Waals surface area contributed by atoms with Gasteiger partial charge in [0.15, 0.2) is 5.78 Å². The maximum atomic E-state index is 11.4. The molecule has 0 radical (unpaired) electrons. The lowest BCUT2D eigenvalue weighted by Gasteiger charge is -1.94. The molecule has 11 heavy (non-hydrogen) atoms. The van der Waals surface area contributed by atoms with E-state index in [9.17, 15) is 4.79 Å². The maximum Gasteiger partial charge on any atom is 0.166 e. The predicted octanol–water partition coefficient (Wildman–Crippen LogP) is 1.67. The summed E-state index contributed by atoms with van der Waals surface area (Å²) in [5, 5.41) is 0. The van der Waals surface area contributed by atoms with Crippen molar-refractivity contribution in [3.05, 3.63) is 30.1 Å². The second-order valence-electron chi connectivity index (χ2n) is 2.87. The molecular formula is C9H9NO. The highest BCUT2D eigenvalue weighted by molar-refractivity contribution is 5.99. The van der Waals surface area contributed by atoms with E-state index < -0.39 is 0 Å². The van der Waals surface area contributed by atoms with Gasteiger partial charge in [0, 0.05) is 23.9 Å². The summed E-state index contributed by atoms with van der Waals surface area (Å²) >= 11 is 0. The van der Waals surface area contributed by atoms with Crippen LogP contribution in [0.25, 0.3) is 0 Å². The van der Waals surface area contributed by atoms with Crippen molar-refractivity contribution in [2.45, 2.75) is 12.8 Å². The first-order valence-electron chi connectivity index (χ1n) is 3.82. The minimum atomic E-state index is 0.285. The number of hydrogen-bond donors (Lipinski definition) is 0. The Kier molecular flexibility index (Phi) is 1.46. The van der Waals surface area contributed by atoms with Gasteiger partial charge in [0.2, 0.25) is 0 Å². The first-order valence-corrected chi connectivity index (χ1v) is 3.82. The Labute approximate surface area is 65.3 Å². The second kappa shape index (κ2) is 2.46. The lowest BCUT2D eigenvalue weighted by Crippen LogP contribution is -2.00. The van der Waals surface area contributed by atoms with E-state index in [1.807, 2.05) is 0 Å². The number of nitrogens with zero attached hydrogens (tertiary/aromatic N) is 1. The van der Waals surface area contributed by atoms with E-state index in [2.05, 4.69) is 4.98 Å².